The van der Waals surface area contributed by atoms with Gasteiger partial charge in [0, 0.05) is 0 Å². The van der Waals surface area contributed by atoms with Crippen LogP contribution in [-0.4, -0.2) is 31.7 Å². The van der Waals surface area contributed by atoms with E-state index in [1.165, 1.54) is 0 Å². The first-order valence-electron chi connectivity index (χ1n) is 7.39. The van der Waals surface area contributed by atoms with Crippen molar-refractivity contribution in [3.8, 4) is 0 Å². The second-order valence-electron chi connectivity index (χ2n) is 6.57. The van der Waals surface area contributed by atoms with Crippen LogP contribution in [0.25, 0.3) is 0 Å². The Bertz CT molecular complexity index is 572. The van der Waals surface area contributed by atoms with Crippen molar-refractivity contribution in [2.24, 2.45) is 0 Å². The molecule has 0 bridgehead atoms. The predicted octanol–water partition coefficient (Wildman–Crippen LogP) is 4.21. The number of rotatable bonds is 2. The van der Waals surface area contributed by atoms with E-state index in [1.54, 1.807) is 6.25 Å². The van der Waals surface area contributed by atoms with Gasteiger partial charge in [-0.05, 0) is 0 Å². The van der Waals surface area contributed by atoms with Gasteiger partial charge in [-0.2, -0.15) is 0 Å². The Balaban J connectivity index is 2.20. The van der Waals surface area contributed by atoms with Crippen LogP contribution in [0.15, 0.2) is 60.7 Å². The van der Waals surface area contributed by atoms with Crippen molar-refractivity contribution in [3.05, 3.63) is 60.7 Å². The summed E-state index contributed by atoms with van der Waals surface area (Å²) in [7, 11) is 5.03. The van der Waals surface area contributed by atoms with Crippen molar-refractivity contribution in [1.82, 2.24) is 0 Å². The van der Waals surface area contributed by atoms with Gasteiger partial charge in [0.2, 0.25) is 0 Å². The normalized spacial score (nSPS) is 22.1. The Morgan fingerprint density at radius 3 is 1.29 bits per heavy atom. The maximum absolute atomic E-state index is 2.78. The van der Waals surface area contributed by atoms with E-state index in [2.05, 4.69) is 102 Å². The molecule has 3 rings (SSSR count). The van der Waals surface area contributed by atoms with Crippen LogP contribution in [0.5, 0.6) is 0 Å². The summed E-state index contributed by atoms with van der Waals surface area (Å²) in [5.74, 6) is 0. The van der Waals surface area contributed by atoms with E-state index in [1.807, 2.05) is 0 Å². The van der Waals surface area contributed by atoms with Gasteiger partial charge in [-0.1, -0.05) is 0 Å². The van der Waals surface area contributed by atoms with Crippen molar-refractivity contribution in [2.45, 2.75) is 26.2 Å². The SMILES string of the molecule is C[Si]1(C)[S][Pb]([c]2ccccc2)([c]2ccccc2)[S][Si]1(C)C. The minimum atomic E-state index is -2.78. The Kier molecular flexibility index (Phi) is 4.56. The molecule has 1 aliphatic rings. The van der Waals surface area contributed by atoms with Crippen molar-refractivity contribution in [2.75, 3.05) is 0 Å². The molecule has 21 heavy (non-hydrogen) atoms. The van der Waals surface area contributed by atoms with Gasteiger partial charge in [-0.3, -0.25) is 0 Å². The fourth-order valence-electron chi connectivity index (χ4n) is 2.70. The van der Waals surface area contributed by atoms with E-state index in [0.717, 1.165) is 0 Å². The van der Waals surface area contributed by atoms with Gasteiger partial charge in [0.15, 0.2) is 0 Å². The molecule has 0 nitrogen and oxygen atoms in total. The third-order valence-electron chi connectivity index (χ3n) is 4.56. The molecule has 5 heteroatoms. The topological polar surface area (TPSA) is 0 Å². The van der Waals surface area contributed by atoms with Crippen molar-refractivity contribution in [3.63, 3.8) is 0 Å². The van der Waals surface area contributed by atoms with Gasteiger partial charge < -0.3 is 0 Å². The molecule has 0 radical (unpaired) electrons. The molecular formula is C16H22PbS2Si2. The van der Waals surface area contributed by atoms with Crippen molar-refractivity contribution in [1.29, 1.82) is 0 Å². The monoisotopic (exact) mass is 542 g/mol. The Morgan fingerprint density at radius 2 is 0.952 bits per heavy atom. The molecule has 0 aliphatic carbocycles. The van der Waals surface area contributed by atoms with Crippen LogP contribution < -0.4 is 6.25 Å². The zero-order valence-electron chi connectivity index (χ0n) is 13.1. The molecular weight excluding hydrogens is 520 g/mol. The zero-order valence-corrected chi connectivity index (χ0v) is 20.6. The maximum atomic E-state index is 2.63. The van der Waals surface area contributed by atoms with Crippen LogP contribution in [0.3, 0.4) is 0 Å². The Morgan fingerprint density at radius 1 is 0.619 bits per heavy atom. The van der Waals surface area contributed by atoms with Crippen LogP contribution in [-0.2, 0) is 0 Å². The minimum absolute atomic E-state index is 1.15. The fourth-order valence-corrected chi connectivity index (χ4v) is 249. The molecule has 110 valence electrons. The van der Waals surface area contributed by atoms with Crippen LogP contribution in [0.4, 0.5) is 0 Å². The summed E-state index contributed by atoms with van der Waals surface area (Å²) in [6.07, 6.45) is 0. The van der Waals surface area contributed by atoms with Crippen molar-refractivity contribution >= 4 is 53.4 Å². The molecule has 0 N–H and O–H groups in total. The van der Waals surface area contributed by atoms with E-state index in [4.69, 9.17) is 0 Å². The number of benzene rings is 2. The van der Waals surface area contributed by atoms with E-state index in [9.17, 15) is 0 Å². The zero-order chi connectivity index (χ0) is 15.1. The molecule has 0 atom stereocenters. The molecule has 0 aromatic heterocycles. The molecule has 1 fully saturated rings. The standard InChI is InChI=1S/2C6H5.C4H12S2Si2.Pb/c2*1-2-4-6-5-3-1;1-7(2,5)8(3,4)6;/h2*1-5H;1-4H3;/q;;-2;+2. The van der Waals surface area contributed by atoms with Gasteiger partial charge >= 0.3 is 140 Å². The van der Waals surface area contributed by atoms with Gasteiger partial charge in [0.05, 0.1) is 0 Å². The molecule has 0 amide bonds. The van der Waals surface area contributed by atoms with E-state index in [0.29, 0.717) is 0 Å². The number of hydrogen-bond acceptors (Lipinski definition) is 2. The molecule has 0 saturated carbocycles. The summed E-state index contributed by atoms with van der Waals surface area (Å²) in [5.41, 5.74) is 0. The molecule has 1 aliphatic heterocycles. The van der Waals surface area contributed by atoms with E-state index in [-0.39, 0.29) is 0 Å². The van der Waals surface area contributed by atoms with E-state index >= 15 is 0 Å². The summed E-state index contributed by atoms with van der Waals surface area (Å²) in [4.78, 5) is 0. The molecule has 1 saturated heterocycles. The van der Waals surface area contributed by atoms with Crippen LogP contribution in [0.2, 0.25) is 26.2 Å². The summed E-state index contributed by atoms with van der Waals surface area (Å²) >= 11 is -2.78. The fraction of sp³-hybridized carbons (Fsp3) is 0.250. The number of hydrogen-bond donors (Lipinski definition) is 0. The van der Waals surface area contributed by atoms with Crippen LogP contribution in [0, 0.1) is 0 Å². The second-order valence-corrected chi connectivity index (χ2v) is 66.6. The van der Waals surface area contributed by atoms with Gasteiger partial charge in [0.25, 0.3) is 0 Å². The summed E-state index contributed by atoms with van der Waals surface area (Å²) < 4.78 is 3.37. The Labute approximate surface area is 139 Å². The summed E-state index contributed by atoms with van der Waals surface area (Å²) in [6.45, 7) is 8.22. The molecule has 2 aromatic carbocycles. The van der Waals surface area contributed by atoms with Gasteiger partial charge in [-0.25, -0.2) is 0 Å². The van der Waals surface area contributed by atoms with E-state index < -0.39 is 31.7 Å². The van der Waals surface area contributed by atoms with Crippen LogP contribution >= 0.6 is 15.5 Å². The molecule has 1 heterocycles. The van der Waals surface area contributed by atoms with Crippen molar-refractivity contribution < 1.29 is 0 Å². The average molecular weight is 542 g/mol. The average Bonchev–Trinajstić information content (AvgIpc) is 2.67. The first-order valence-corrected chi connectivity index (χ1v) is 30.9. The summed E-state index contributed by atoms with van der Waals surface area (Å²) in [5, 5.41) is 0. The molecule has 0 spiro atoms. The van der Waals surface area contributed by atoms with Gasteiger partial charge in [0.1, 0.15) is 0 Å². The van der Waals surface area contributed by atoms with Crippen LogP contribution in [0.1, 0.15) is 0 Å². The van der Waals surface area contributed by atoms with Gasteiger partial charge in [-0.15, -0.1) is 0 Å². The molecule has 2 aromatic rings. The predicted molar refractivity (Wildman–Crippen MR) is 108 cm³/mol. The first kappa shape index (κ1) is 16.4. The first-order chi connectivity index (χ1) is 9.87. The molecule has 0 unspecified atom stereocenters. The third-order valence-corrected chi connectivity index (χ3v) is 135. The third kappa shape index (κ3) is 2.86. The summed E-state index contributed by atoms with van der Waals surface area (Å²) in [6, 6.07) is 22.9. The Hall–Kier alpha value is 0.496. The quantitative estimate of drug-likeness (QED) is 0.523. The second kappa shape index (κ2) is 5.85.